The molecule has 0 aliphatic heterocycles. The molecule has 0 aromatic heterocycles. The lowest BCUT2D eigenvalue weighted by Crippen LogP contribution is -2.24. The minimum Gasteiger partial charge on any atom is -0.493 e. The van der Waals surface area contributed by atoms with Crippen molar-refractivity contribution >= 4 is 0 Å². The number of hydrogen-bond donors (Lipinski definition) is 1. The van der Waals surface area contributed by atoms with Crippen molar-refractivity contribution < 1.29 is 9.47 Å². The molecule has 1 aromatic carbocycles. The number of nitrogens with one attached hydrogen (secondary N) is 1. The molecule has 0 saturated heterocycles. The van der Waals surface area contributed by atoms with E-state index in [-0.39, 0.29) is 0 Å². The first-order valence-electron chi connectivity index (χ1n) is 7.21. The van der Waals surface area contributed by atoms with E-state index in [9.17, 15) is 0 Å². The van der Waals surface area contributed by atoms with Crippen molar-refractivity contribution in [1.82, 2.24) is 5.32 Å². The summed E-state index contributed by atoms with van der Waals surface area (Å²) in [6, 6.07) is 7.31. The van der Waals surface area contributed by atoms with Crippen molar-refractivity contribution in [2.75, 3.05) is 14.2 Å². The van der Waals surface area contributed by atoms with Gasteiger partial charge >= 0.3 is 0 Å². The lowest BCUT2D eigenvalue weighted by atomic mass is 10.0. The summed E-state index contributed by atoms with van der Waals surface area (Å²) in [7, 11) is 3.35. The Morgan fingerprint density at radius 2 is 1.95 bits per heavy atom. The van der Waals surface area contributed by atoms with Crippen LogP contribution < -0.4 is 14.8 Å². The van der Waals surface area contributed by atoms with Gasteiger partial charge in [0.05, 0.1) is 14.2 Å². The zero-order valence-corrected chi connectivity index (χ0v) is 12.4. The molecule has 0 heterocycles. The first-order chi connectivity index (χ1) is 9.23. The van der Waals surface area contributed by atoms with Gasteiger partial charge in [-0.25, -0.2) is 0 Å². The third-order valence-electron chi connectivity index (χ3n) is 4.08. The van der Waals surface area contributed by atoms with E-state index in [0.717, 1.165) is 23.8 Å². The molecule has 0 spiro atoms. The lowest BCUT2D eigenvalue weighted by molar-refractivity contribution is 0.353. The fraction of sp³-hybridized carbons (Fsp3) is 0.625. The molecule has 1 saturated carbocycles. The van der Waals surface area contributed by atoms with Gasteiger partial charge in [-0.05, 0) is 36.5 Å². The van der Waals surface area contributed by atoms with Crippen LogP contribution in [0.2, 0.25) is 0 Å². The Labute approximate surface area is 116 Å². The number of benzene rings is 1. The zero-order chi connectivity index (χ0) is 13.8. The number of methoxy groups -OCH3 is 2. The van der Waals surface area contributed by atoms with Crippen molar-refractivity contribution in [3.63, 3.8) is 0 Å². The molecule has 2 rings (SSSR count). The van der Waals surface area contributed by atoms with E-state index >= 15 is 0 Å². The molecular weight excluding hydrogens is 238 g/mol. The second-order valence-electron chi connectivity index (χ2n) is 5.25. The molecule has 3 unspecified atom stereocenters. The normalized spacial score (nSPS) is 22.9. The topological polar surface area (TPSA) is 30.5 Å². The second kappa shape index (κ2) is 6.29. The highest BCUT2D eigenvalue weighted by Gasteiger charge is 2.36. The number of rotatable bonds is 7. The Kier molecular flexibility index (Phi) is 4.70. The highest BCUT2D eigenvalue weighted by atomic mass is 16.5. The summed E-state index contributed by atoms with van der Waals surface area (Å²) in [5.74, 6) is 2.47. The summed E-state index contributed by atoms with van der Waals surface area (Å²) in [6.45, 7) is 4.49. The predicted molar refractivity (Wildman–Crippen MR) is 77.9 cm³/mol. The smallest absolute Gasteiger partial charge is 0.161 e. The van der Waals surface area contributed by atoms with Crippen molar-refractivity contribution in [2.24, 2.45) is 5.92 Å². The minimum atomic E-state index is 0.404. The average molecular weight is 263 g/mol. The van der Waals surface area contributed by atoms with Gasteiger partial charge in [0.25, 0.3) is 0 Å². The summed E-state index contributed by atoms with van der Waals surface area (Å²) >= 11 is 0. The maximum atomic E-state index is 5.38. The molecule has 19 heavy (non-hydrogen) atoms. The van der Waals surface area contributed by atoms with Crippen molar-refractivity contribution in [3.8, 4) is 11.5 Å². The van der Waals surface area contributed by atoms with Crippen LogP contribution in [0.25, 0.3) is 0 Å². The molecule has 106 valence electrons. The highest BCUT2D eigenvalue weighted by molar-refractivity contribution is 5.43. The Hall–Kier alpha value is -1.22. The largest absolute Gasteiger partial charge is 0.493 e. The molecule has 1 aliphatic carbocycles. The van der Waals surface area contributed by atoms with Crippen LogP contribution in [0.3, 0.4) is 0 Å². The molecule has 1 aromatic rings. The molecule has 0 bridgehead atoms. The Morgan fingerprint density at radius 3 is 2.47 bits per heavy atom. The predicted octanol–water partition coefficient (Wildman–Crippen LogP) is 3.54. The summed E-state index contributed by atoms with van der Waals surface area (Å²) in [6.07, 6.45) is 3.68. The van der Waals surface area contributed by atoms with E-state index in [4.69, 9.17) is 9.47 Å². The second-order valence-corrected chi connectivity index (χ2v) is 5.25. The molecule has 0 amide bonds. The van der Waals surface area contributed by atoms with Gasteiger partial charge in [-0.2, -0.15) is 0 Å². The van der Waals surface area contributed by atoms with Gasteiger partial charge in [-0.1, -0.05) is 26.3 Å². The maximum absolute atomic E-state index is 5.38. The molecule has 1 N–H and O–H groups in total. The molecule has 3 heteroatoms. The summed E-state index contributed by atoms with van der Waals surface area (Å²) in [4.78, 5) is 0. The van der Waals surface area contributed by atoms with Crippen LogP contribution in [0.5, 0.6) is 11.5 Å². The van der Waals surface area contributed by atoms with Gasteiger partial charge in [0, 0.05) is 12.1 Å². The average Bonchev–Trinajstić information content (AvgIpc) is 3.22. The summed E-state index contributed by atoms with van der Waals surface area (Å²) in [5.41, 5.74) is 1.28. The summed E-state index contributed by atoms with van der Waals surface area (Å²) in [5, 5.41) is 3.75. The van der Waals surface area contributed by atoms with E-state index in [0.29, 0.717) is 12.1 Å². The van der Waals surface area contributed by atoms with Crippen molar-refractivity contribution in [1.29, 1.82) is 0 Å². The third-order valence-corrected chi connectivity index (χ3v) is 4.08. The van der Waals surface area contributed by atoms with Crippen LogP contribution >= 0.6 is 0 Å². The van der Waals surface area contributed by atoms with Crippen LogP contribution in [0.15, 0.2) is 18.2 Å². The van der Waals surface area contributed by atoms with E-state index < -0.39 is 0 Å². The maximum Gasteiger partial charge on any atom is 0.161 e. The Bertz CT molecular complexity index is 419. The van der Waals surface area contributed by atoms with E-state index in [1.807, 2.05) is 6.07 Å². The highest BCUT2D eigenvalue weighted by Crippen LogP contribution is 2.37. The molecule has 3 atom stereocenters. The quantitative estimate of drug-likeness (QED) is 0.816. The van der Waals surface area contributed by atoms with Crippen LogP contribution in [-0.2, 0) is 0 Å². The Balaban J connectivity index is 2.09. The zero-order valence-electron chi connectivity index (χ0n) is 12.4. The van der Waals surface area contributed by atoms with Gasteiger partial charge < -0.3 is 14.8 Å². The van der Waals surface area contributed by atoms with Crippen LogP contribution in [-0.4, -0.2) is 20.3 Å². The van der Waals surface area contributed by atoms with Crippen LogP contribution in [0, 0.1) is 5.92 Å². The molecular formula is C16H25NO2. The molecule has 1 fully saturated rings. The number of ether oxygens (including phenoxy) is 2. The van der Waals surface area contributed by atoms with E-state index in [2.05, 4.69) is 31.3 Å². The fourth-order valence-electron chi connectivity index (χ4n) is 2.68. The monoisotopic (exact) mass is 263 g/mol. The first kappa shape index (κ1) is 14.2. The fourth-order valence-corrected chi connectivity index (χ4v) is 2.68. The standard InChI is InChI=1S/C16H25NO2/c1-5-11-9-14(11)17-13(6-2)12-7-8-15(18-3)16(10-12)19-4/h7-8,10-11,13-14,17H,5-6,9H2,1-4H3. The van der Waals surface area contributed by atoms with Crippen molar-refractivity contribution in [3.05, 3.63) is 23.8 Å². The SMILES string of the molecule is CCC(NC1CC1CC)c1ccc(OC)c(OC)c1. The first-order valence-corrected chi connectivity index (χ1v) is 7.21. The molecule has 0 radical (unpaired) electrons. The molecule has 3 nitrogen and oxygen atoms in total. The van der Waals surface area contributed by atoms with Crippen molar-refractivity contribution in [2.45, 2.75) is 45.2 Å². The van der Waals surface area contributed by atoms with Gasteiger partial charge in [0.2, 0.25) is 0 Å². The third kappa shape index (κ3) is 3.21. The van der Waals surface area contributed by atoms with Gasteiger partial charge in [0.1, 0.15) is 0 Å². The number of hydrogen-bond acceptors (Lipinski definition) is 3. The Morgan fingerprint density at radius 1 is 1.21 bits per heavy atom. The van der Waals surface area contributed by atoms with Gasteiger partial charge in [-0.15, -0.1) is 0 Å². The molecule has 1 aliphatic rings. The lowest BCUT2D eigenvalue weighted by Gasteiger charge is -2.19. The van der Waals surface area contributed by atoms with Gasteiger partial charge in [0.15, 0.2) is 11.5 Å². The van der Waals surface area contributed by atoms with Crippen LogP contribution in [0.4, 0.5) is 0 Å². The minimum absolute atomic E-state index is 0.404. The summed E-state index contributed by atoms with van der Waals surface area (Å²) < 4.78 is 10.7. The van der Waals surface area contributed by atoms with E-state index in [1.54, 1.807) is 14.2 Å². The van der Waals surface area contributed by atoms with Gasteiger partial charge in [-0.3, -0.25) is 0 Å². The van der Waals surface area contributed by atoms with Crippen LogP contribution in [0.1, 0.15) is 44.7 Å². The van der Waals surface area contributed by atoms with E-state index in [1.165, 1.54) is 18.4 Å².